The highest BCUT2D eigenvalue weighted by atomic mass is 19.4. The Bertz CT molecular complexity index is 927. The minimum Gasteiger partial charge on any atom is -0.367 e. The number of fused-ring (bicyclic) bond motifs is 1. The third kappa shape index (κ3) is 4.94. The lowest BCUT2D eigenvalue weighted by atomic mass is 10.0. The van der Waals surface area contributed by atoms with Gasteiger partial charge in [0.1, 0.15) is 0 Å². The lowest BCUT2D eigenvalue weighted by Gasteiger charge is -2.36. The van der Waals surface area contributed by atoms with Gasteiger partial charge in [0.15, 0.2) is 0 Å². The number of benzene rings is 1. The molecule has 0 spiro atoms. The summed E-state index contributed by atoms with van der Waals surface area (Å²) in [5, 5.41) is 0.696. The Morgan fingerprint density at radius 2 is 1.80 bits per heavy atom. The van der Waals surface area contributed by atoms with Crippen LogP contribution in [0.1, 0.15) is 37.9 Å². The first-order chi connectivity index (χ1) is 14.2. The minimum absolute atomic E-state index is 0.0205. The number of piperazine rings is 1. The van der Waals surface area contributed by atoms with Crippen LogP contribution in [0.5, 0.6) is 0 Å². The van der Waals surface area contributed by atoms with Crippen LogP contribution in [0.3, 0.4) is 0 Å². The number of anilines is 1. The molecule has 1 aliphatic rings. The Hall–Kier alpha value is -2.57. The molecule has 0 N–H and O–H groups in total. The first kappa shape index (κ1) is 22.1. The van der Waals surface area contributed by atoms with E-state index in [0.717, 1.165) is 30.7 Å². The molecule has 0 atom stereocenters. The number of halogens is 3. The van der Waals surface area contributed by atoms with Gasteiger partial charge in [-0.3, -0.25) is 9.78 Å². The molecule has 0 radical (unpaired) electrons. The summed E-state index contributed by atoms with van der Waals surface area (Å²) in [6.07, 6.45) is 1.30. The van der Waals surface area contributed by atoms with Gasteiger partial charge in [-0.25, -0.2) is 0 Å². The molecule has 1 amide bonds. The number of carbonyl (C=O) groups excluding carboxylic acids is 1. The fourth-order valence-corrected chi connectivity index (χ4v) is 3.83. The maximum atomic E-state index is 13.1. The van der Waals surface area contributed by atoms with Crippen LogP contribution in [0.25, 0.3) is 10.9 Å². The summed E-state index contributed by atoms with van der Waals surface area (Å²) in [4.78, 5) is 20.7. The van der Waals surface area contributed by atoms with Crippen molar-refractivity contribution in [3.63, 3.8) is 0 Å². The van der Waals surface area contributed by atoms with E-state index in [2.05, 4.69) is 23.7 Å². The Kier molecular flexibility index (Phi) is 6.68. The fraction of sp³-hybridized carbons (Fsp3) is 0.478. The van der Waals surface area contributed by atoms with Crippen LogP contribution in [0.4, 0.5) is 18.9 Å². The number of rotatable bonds is 5. The number of carbonyl (C=O) groups is 1. The van der Waals surface area contributed by atoms with E-state index in [1.807, 2.05) is 17.0 Å². The van der Waals surface area contributed by atoms with Crippen molar-refractivity contribution in [2.24, 2.45) is 5.92 Å². The second-order valence-electron chi connectivity index (χ2n) is 7.76. The topological polar surface area (TPSA) is 36.4 Å². The van der Waals surface area contributed by atoms with E-state index in [4.69, 9.17) is 0 Å². The maximum absolute atomic E-state index is 13.1. The van der Waals surface area contributed by atoms with Crippen molar-refractivity contribution in [3.8, 4) is 0 Å². The molecule has 2 aromatic rings. The number of alkyl halides is 3. The van der Waals surface area contributed by atoms with Gasteiger partial charge in [0, 0.05) is 42.9 Å². The van der Waals surface area contributed by atoms with E-state index < -0.39 is 11.7 Å². The monoisotopic (exact) mass is 419 g/mol. The van der Waals surface area contributed by atoms with Crippen molar-refractivity contribution >= 4 is 22.5 Å². The third-order valence-corrected chi connectivity index (χ3v) is 5.74. The lowest BCUT2D eigenvalue weighted by molar-refractivity contribution is -0.137. The van der Waals surface area contributed by atoms with E-state index in [9.17, 15) is 18.0 Å². The normalized spacial score (nSPS) is 15.6. The number of hydrogen-bond donors (Lipinski definition) is 0. The molecule has 0 bridgehead atoms. The molecule has 0 saturated carbocycles. The van der Waals surface area contributed by atoms with E-state index in [1.165, 1.54) is 6.07 Å². The average Bonchev–Trinajstić information content (AvgIpc) is 2.72. The molecule has 1 aliphatic heterocycles. The molecule has 0 aliphatic carbocycles. The zero-order chi connectivity index (χ0) is 21.9. The van der Waals surface area contributed by atoms with Crippen LogP contribution in [-0.4, -0.2) is 42.0 Å². The summed E-state index contributed by atoms with van der Waals surface area (Å²) in [7, 11) is 0. The van der Waals surface area contributed by atoms with Crippen molar-refractivity contribution in [2.75, 3.05) is 31.1 Å². The molecule has 162 valence electrons. The smallest absolute Gasteiger partial charge is 0.367 e. The minimum atomic E-state index is -4.39. The summed E-state index contributed by atoms with van der Waals surface area (Å²) < 4.78 is 39.2. The van der Waals surface area contributed by atoms with Crippen LogP contribution < -0.4 is 4.90 Å². The Balaban J connectivity index is 1.76. The third-order valence-electron chi connectivity index (χ3n) is 5.74. The van der Waals surface area contributed by atoms with Gasteiger partial charge in [-0.15, -0.1) is 0 Å². The van der Waals surface area contributed by atoms with E-state index in [-0.39, 0.29) is 5.91 Å². The van der Waals surface area contributed by atoms with Crippen molar-refractivity contribution < 1.29 is 18.0 Å². The van der Waals surface area contributed by atoms with Crippen molar-refractivity contribution in [2.45, 2.75) is 39.8 Å². The van der Waals surface area contributed by atoms with Gasteiger partial charge >= 0.3 is 6.18 Å². The van der Waals surface area contributed by atoms with Crippen LogP contribution in [0, 0.1) is 12.8 Å². The predicted octanol–water partition coefficient (Wildman–Crippen LogP) is 5.20. The highest BCUT2D eigenvalue weighted by Crippen LogP contribution is 2.34. The van der Waals surface area contributed by atoms with E-state index in [0.29, 0.717) is 48.7 Å². The Morgan fingerprint density at radius 3 is 2.40 bits per heavy atom. The number of aromatic nitrogens is 1. The number of amides is 1. The van der Waals surface area contributed by atoms with Crippen LogP contribution in [-0.2, 0) is 11.0 Å². The predicted molar refractivity (Wildman–Crippen MR) is 113 cm³/mol. The molecule has 1 saturated heterocycles. The van der Waals surface area contributed by atoms with Crippen molar-refractivity contribution in [1.82, 2.24) is 9.88 Å². The summed E-state index contributed by atoms with van der Waals surface area (Å²) in [5.74, 6) is 0.440. The largest absolute Gasteiger partial charge is 0.416 e. The molecular formula is C23H28F3N3O. The number of allylic oxidation sites excluding steroid dienone is 1. The van der Waals surface area contributed by atoms with Gasteiger partial charge < -0.3 is 9.80 Å². The zero-order valence-electron chi connectivity index (χ0n) is 17.7. The fourth-order valence-electron chi connectivity index (χ4n) is 3.83. The first-order valence-electron chi connectivity index (χ1n) is 10.4. The lowest BCUT2D eigenvalue weighted by Crippen LogP contribution is -2.48. The number of pyridine rings is 1. The zero-order valence-corrected chi connectivity index (χ0v) is 17.7. The number of hydrogen-bond acceptors (Lipinski definition) is 3. The molecule has 1 aromatic heterocycles. The first-order valence-corrected chi connectivity index (χ1v) is 10.4. The molecular weight excluding hydrogens is 391 g/mol. The molecule has 30 heavy (non-hydrogen) atoms. The second kappa shape index (κ2) is 9.06. The molecule has 4 nitrogen and oxygen atoms in total. The van der Waals surface area contributed by atoms with Crippen LogP contribution in [0.15, 0.2) is 36.4 Å². The molecule has 1 fully saturated rings. The van der Waals surface area contributed by atoms with Gasteiger partial charge in [-0.2, -0.15) is 13.2 Å². The summed E-state index contributed by atoms with van der Waals surface area (Å²) in [6.45, 7) is 8.42. The molecule has 2 heterocycles. The number of nitrogens with zero attached hydrogens (tertiary/aromatic N) is 3. The van der Waals surface area contributed by atoms with E-state index >= 15 is 0 Å². The summed E-state index contributed by atoms with van der Waals surface area (Å²) >= 11 is 0. The van der Waals surface area contributed by atoms with E-state index in [1.54, 1.807) is 13.0 Å². The second-order valence-corrected chi connectivity index (χ2v) is 7.76. The van der Waals surface area contributed by atoms with Crippen LogP contribution in [0.2, 0.25) is 0 Å². The molecule has 0 unspecified atom stereocenters. The average molecular weight is 419 g/mol. The van der Waals surface area contributed by atoms with Gasteiger partial charge in [-0.05, 0) is 50.0 Å². The Labute approximate surface area is 175 Å². The quantitative estimate of drug-likeness (QED) is 0.625. The summed E-state index contributed by atoms with van der Waals surface area (Å²) in [6, 6.07) is 5.61. The SMILES string of the molecule is CCC(/C=C/C(=O)N1CCN(c2cc(C)nc3cc(C(F)(F)F)ccc23)CC1)CC. The van der Waals surface area contributed by atoms with Crippen LogP contribution >= 0.6 is 0 Å². The molecule has 3 rings (SSSR count). The van der Waals surface area contributed by atoms with Gasteiger partial charge in [-0.1, -0.05) is 26.0 Å². The van der Waals surface area contributed by atoms with Gasteiger partial charge in [0.25, 0.3) is 0 Å². The van der Waals surface area contributed by atoms with Crippen molar-refractivity contribution in [3.05, 3.63) is 47.7 Å². The number of aryl methyl sites for hydroxylation is 1. The molecule has 7 heteroatoms. The van der Waals surface area contributed by atoms with Gasteiger partial charge in [0.05, 0.1) is 11.1 Å². The van der Waals surface area contributed by atoms with Crippen molar-refractivity contribution in [1.29, 1.82) is 0 Å². The van der Waals surface area contributed by atoms with Gasteiger partial charge in [0.2, 0.25) is 5.91 Å². The molecule has 1 aromatic carbocycles. The maximum Gasteiger partial charge on any atom is 0.416 e. The highest BCUT2D eigenvalue weighted by molar-refractivity contribution is 5.93. The Morgan fingerprint density at radius 1 is 1.13 bits per heavy atom. The highest BCUT2D eigenvalue weighted by Gasteiger charge is 2.31. The summed E-state index contributed by atoms with van der Waals surface area (Å²) in [5.41, 5.74) is 1.18. The standard InChI is InChI=1S/C23H28F3N3O/c1-4-17(5-2)6-9-22(30)29-12-10-28(11-13-29)21-14-16(3)27-20-15-18(23(24,25)26)7-8-19(20)21/h6-9,14-15,17H,4-5,10-13H2,1-3H3/b9-6+.